The third-order valence-corrected chi connectivity index (χ3v) is 6.92. The molecule has 1 aliphatic heterocycles. The summed E-state index contributed by atoms with van der Waals surface area (Å²) in [5.74, 6) is -1.03. The molecule has 1 saturated heterocycles. The SMILES string of the molecule is CCC(C)(CC1OC(c2ccc(=O)[nH]c2F)C(F)C1O)OP(=O)(O)C(C)C. The van der Waals surface area contributed by atoms with Gasteiger partial charge < -0.3 is 19.3 Å². The Kier molecular flexibility index (Phi) is 6.64. The monoisotopic (exact) mass is 409 g/mol. The summed E-state index contributed by atoms with van der Waals surface area (Å²) in [4.78, 5) is 23.1. The highest BCUT2D eigenvalue weighted by Gasteiger charge is 2.49. The Labute approximate surface area is 156 Å². The third-order valence-electron chi connectivity index (χ3n) is 4.91. The molecular formula is C17H26F2NO6P. The minimum Gasteiger partial charge on any atom is -0.387 e. The van der Waals surface area contributed by atoms with Gasteiger partial charge in [-0.2, -0.15) is 4.39 Å². The maximum Gasteiger partial charge on any atom is 0.331 e. The van der Waals surface area contributed by atoms with Gasteiger partial charge in [0.1, 0.15) is 12.2 Å². The Morgan fingerprint density at radius 2 is 2.07 bits per heavy atom. The van der Waals surface area contributed by atoms with Crippen LogP contribution < -0.4 is 5.56 Å². The van der Waals surface area contributed by atoms with Crippen molar-refractivity contribution in [3.63, 3.8) is 0 Å². The zero-order valence-electron chi connectivity index (χ0n) is 15.7. The molecule has 1 aromatic rings. The van der Waals surface area contributed by atoms with Gasteiger partial charge in [0.05, 0.1) is 17.4 Å². The second kappa shape index (κ2) is 8.09. The minimum absolute atomic E-state index is 0.0656. The fourth-order valence-electron chi connectivity index (χ4n) is 2.91. The van der Waals surface area contributed by atoms with E-state index < -0.39 is 54.8 Å². The average molecular weight is 409 g/mol. The molecule has 0 radical (unpaired) electrons. The number of ether oxygens (including phenoxy) is 1. The predicted molar refractivity (Wildman–Crippen MR) is 94.9 cm³/mol. The molecule has 0 aliphatic carbocycles. The third kappa shape index (κ3) is 4.84. The van der Waals surface area contributed by atoms with Crippen LogP contribution in [0.25, 0.3) is 0 Å². The number of alkyl halides is 1. The van der Waals surface area contributed by atoms with Gasteiger partial charge in [0.25, 0.3) is 0 Å². The van der Waals surface area contributed by atoms with Crippen LogP contribution in [0.5, 0.6) is 0 Å². The Balaban J connectivity index is 2.21. The smallest absolute Gasteiger partial charge is 0.331 e. The zero-order valence-corrected chi connectivity index (χ0v) is 16.6. The van der Waals surface area contributed by atoms with Crippen molar-refractivity contribution in [2.45, 2.75) is 76.3 Å². The highest BCUT2D eigenvalue weighted by Crippen LogP contribution is 2.53. The van der Waals surface area contributed by atoms with Crippen LogP contribution in [0.4, 0.5) is 8.78 Å². The standard InChI is InChI=1S/C17H26F2NO6P/c1-5-17(4,26-27(23,24)9(2)3)8-11-14(22)13(18)15(25-11)10-6-7-12(21)20-16(10)19/h6-7,9,11,13-15,22H,5,8H2,1-4H3,(H,20,21)(H,23,24). The first-order valence-electron chi connectivity index (χ1n) is 8.79. The van der Waals surface area contributed by atoms with Crippen molar-refractivity contribution < 1.29 is 32.6 Å². The minimum atomic E-state index is -3.91. The molecule has 6 atom stereocenters. The first-order valence-corrected chi connectivity index (χ1v) is 10.4. The van der Waals surface area contributed by atoms with E-state index >= 15 is 0 Å². The molecule has 0 aromatic carbocycles. The van der Waals surface area contributed by atoms with Crippen LogP contribution in [0.3, 0.4) is 0 Å². The number of aromatic amines is 1. The quantitative estimate of drug-likeness (QED) is 0.472. The van der Waals surface area contributed by atoms with Gasteiger partial charge in [-0.25, -0.2) is 4.39 Å². The Morgan fingerprint density at radius 3 is 2.59 bits per heavy atom. The lowest BCUT2D eigenvalue weighted by Crippen LogP contribution is -2.38. The van der Waals surface area contributed by atoms with Gasteiger partial charge in [-0.15, -0.1) is 0 Å². The molecule has 0 amide bonds. The second-order valence-electron chi connectivity index (χ2n) is 7.38. The van der Waals surface area contributed by atoms with Crippen LogP contribution in [0.15, 0.2) is 16.9 Å². The molecule has 154 valence electrons. The van der Waals surface area contributed by atoms with Gasteiger partial charge in [-0.3, -0.25) is 14.3 Å². The van der Waals surface area contributed by atoms with E-state index in [1.807, 2.05) is 4.98 Å². The average Bonchev–Trinajstić information content (AvgIpc) is 2.82. The maximum absolute atomic E-state index is 14.6. The molecular weight excluding hydrogens is 383 g/mol. The van der Waals surface area contributed by atoms with Crippen molar-refractivity contribution in [1.82, 2.24) is 4.98 Å². The number of aliphatic hydroxyl groups excluding tert-OH is 1. The zero-order chi connectivity index (χ0) is 20.6. The Hall–Kier alpha value is -1.12. The van der Waals surface area contributed by atoms with Crippen molar-refractivity contribution in [3.05, 3.63) is 34.0 Å². The van der Waals surface area contributed by atoms with E-state index in [1.54, 1.807) is 27.7 Å². The molecule has 6 unspecified atom stereocenters. The van der Waals surface area contributed by atoms with Crippen molar-refractivity contribution in [2.24, 2.45) is 0 Å². The Morgan fingerprint density at radius 1 is 1.44 bits per heavy atom. The van der Waals surface area contributed by atoms with E-state index in [2.05, 4.69) is 0 Å². The lowest BCUT2D eigenvalue weighted by Gasteiger charge is -2.34. The molecule has 27 heavy (non-hydrogen) atoms. The number of nitrogens with one attached hydrogen (secondary N) is 1. The van der Waals surface area contributed by atoms with Crippen LogP contribution in [-0.2, 0) is 13.8 Å². The summed E-state index contributed by atoms with van der Waals surface area (Å²) >= 11 is 0. The van der Waals surface area contributed by atoms with E-state index in [0.29, 0.717) is 6.42 Å². The molecule has 2 heterocycles. The number of halogens is 2. The molecule has 7 nitrogen and oxygen atoms in total. The lowest BCUT2D eigenvalue weighted by molar-refractivity contribution is -0.0476. The molecule has 1 fully saturated rings. The topological polar surface area (TPSA) is 109 Å². The fourth-order valence-corrected chi connectivity index (χ4v) is 3.96. The van der Waals surface area contributed by atoms with E-state index in [-0.39, 0.29) is 12.0 Å². The summed E-state index contributed by atoms with van der Waals surface area (Å²) in [6.45, 7) is 6.40. The predicted octanol–water partition coefficient (Wildman–Crippen LogP) is 2.82. The van der Waals surface area contributed by atoms with Crippen molar-refractivity contribution in [2.75, 3.05) is 0 Å². The normalized spacial score (nSPS) is 30.3. The summed E-state index contributed by atoms with van der Waals surface area (Å²) in [5.41, 5.74) is -2.67. The second-order valence-corrected chi connectivity index (χ2v) is 9.72. The number of hydrogen-bond acceptors (Lipinski definition) is 5. The van der Waals surface area contributed by atoms with Crippen LogP contribution in [0, 0.1) is 5.95 Å². The number of rotatable bonds is 7. The number of H-pyrrole nitrogens is 1. The van der Waals surface area contributed by atoms with Gasteiger partial charge in [-0.1, -0.05) is 20.8 Å². The molecule has 2 rings (SSSR count). The molecule has 0 bridgehead atoms. The van der Waals surface area contributed by atoms with E-state index in [4.69, 9.17) is 9.26 Å². The van der Waals surface area contributed by atoms with Crippen LogP contribution in [0.1, 0.15) is 52.2 Å². The number of aromatic nitrogens is 1. The molecule has 10 heteroatoms. The van der Waals surface area contributed by atoms with Crippen molar-refractivity contribution in [3.8, 4) is 0 Å². The van der Waals surface area contributed by atoms with Gasteiger partial charge in [0.2, 0.25) is 5.56 Å². The van der Waals surface area contributed by atoms with Crippen LogP contribution in [0.2, 0.25) is 0 Å². The molecule has 0 spiro atoms. The Bertz CT molecular complexity index is 772. The summed E-state index contributed by atoms with van der Waals surface area (Å²) in [6.07, 6.45) is -5.74. The van der Waals surface area contributed by atoms with Gasteiger partial charge in [0.15, 0.2) is 12.1 Å². The van der Waals surface area contributed by atoms with Crippen molar-refractivity contribution in [1.29, 1.82) is 0 Å². The first-order chi connectivity index (χ1) is 12.4. The number of hydrogen-bond donors (Lipinski definition) is 3. The maximum atomic E-state index is 14.6. The summed E-state index contributed by atoms with van der Waals surface area (Å²) in [5, 5.41) is 10.2. The van der Waals surface area contributed by atoms with Crippen LogP contribution in [-0.4, -0.2) is 44.6 Å². The summed E-state index contributed by atoms with van der Waals surface area (Å²) < 4.78 is 51.7. The van der Waals surface area contributed by atoms with E-state index in [1.165, 1.54) is 0 Å². The molecule has 1 aromatic heterocycles. The summed E-state index contributed by atoms with van der Waals surface area (Å²) in [6, 6.07) is 2.15. The summed E-state index contributed by atoms with van der Waals surface area (Å²) in [7, 11) is -3.91. The highest BCUT2D eigenvalue weighted by atomic mass is 31.2. The van der Waals surface area contributed by atoms with E-state index in [9.17, 15) is 28.1 Å². The molecule has 3 N–H and O–H groups in total. The fraction of sp³-hybridized carbons (Fsp3) is 0.706. The largest absolute Gasteiger partial charge is 0.387 e. The van der Waals surface area contributed by atoms with Gasteiger partial charge in [-0.05, 0) is 19.4 Å². The van der Waals surface area contributed by atoms with E-state index in [0.717, 1.165) is 12.1 Å². The molecule has 1 aliphatic rings. The number of aliphatic hydroxyl groups is 1. The van der Waals surface area contributed by atoms with Crippen molar-refractivity contribution >= 4 is 7.60 Å². The molecule has 0 saturated carbocycles. The first kappa shape index (κ1) is 22.2. The van der Waals surface area contributed by atoms with Gasteiger partial charge in [0, 0.05) is 18.1 Å². The number of pyridine rings is 1. The van der Waals surface area contributed by atoms with Gasteiger partial charge >= 0.3 is 7.60 Å². The van der Waals surface area contributed by atoms with Crippen LogP contribution >= 0.6 is 7.60 Å². The lowest BCUT2D eigenvalue weighted by atomic mass is 9.92. The highest BCUT2D eigenvalue weighted by molar-refractivity contribution is 7.53.